The van der Waals surface area contributed by atoms with Crippen molar-refractivity contribution < 1.29 is 9.59 Å². The second-order valence-corrected chi connectivity index (χ2v) is 9.75. The summed E-state index contributed by atoms with van der Waals surface area (Å²) in [6, 6.07) is 12.5. The molecule has 2 aromatic carbocycles. The summed E-state index contributed by atoms with van der Waals surface area (Å²) >= 11 is 0. The van der Waals surface area contributed by atoms with Crippen molar-refractivity contribution in [3.05, 3.63) is 58.7 Å². The number of benzene rings is 2. The van der Waals surface area contributed by atoms with E-state index in [1.54, 1.807) is 0 Å². The first kappa shape index (κ1) is 24.2. The van der Waals surface area contributed by atoms with Gasteiger partial charge in [-0.2, -0.15) is 0 Å². The number of hydrogen-bond acceptors (Lipinski definition) is 5. The van der Waals surface area contributed by atoms with E-state index in [9.17, 15) is 9.59 Å². The number of aryl methyl sites for hydroxylation is 3. The van der Waals surface area contributed by atoms with E-state index in [1.807, 2.05) is 32.0 Å². The summed E-state index contributed by atoms with van der Waals surface area (Å²) in [6.07, 6.45) is 2.23. The van der Waals surface area contributed by atoms with Crippen LogP contribution in [0.25, 0.3) is 0 Å². The number of piperazine rings is 1. The molecule has 0 saturated carbocycles. The zero-order valence-corrected chi connectivity index (χ0v) is 20.9. The second-order valence-electron chi connectivity index (χ2n) is 9.75. The van der Waals surface area contributed by atoms with E-state index >= 15 is 0 Å². The maximum atomic E-state index is 12.7. The van der Waals surface area contributed by atoms with Gasteiger partial charge in [0.15, 0.2) is 0 Å². The van der Waals surface area contributed by atoms with Gasteiger partial charge in [0.2, 0.25) is 0 Å². The van der Waals surface area contributed by atoms with Crippen molar-refractivity contribution in [3.63, 3.8) is 0 Å². The smallest absolute Gasteiger partial charge is 0.313 e. The Kier molecular flexibility index (Phi) is 7.54. The molecule has 0 aliphatic carbocycles. The quantitative estimate of drug-likeness (QED) is 0.668. The lowest BCUT2D eigenvalue weighted by atomic mass is 9.95. The van der Waals surface area contributed by atoms with Gasteiger partial charge in [-0.25, -0.2) is 0 Å². The van der Waals surface area contributed by atoms with Crippen molar-refractivity contribution in [3.8, 4) is 0 Å². The molecule has 0 spiro atoms. The number of hydrogen-bond donors (Lipinski definition) is 2. The molecule has 2 aromatic rings. The first-order valence-corrected chi connectivity index (χ1v) is 12.2. The third kappa shape index (κ3) is 5.59. The van der Waals surface area contributed by atoms with Crippen LogP contribution < -0.4 is 15.5 Å². The highest BCUT2D eigenvalue weighted by Crippen LogP contribution is 2.31. The molecule has 0 radical (unpaired) electrons. The van der Waals surface area contributed by atoms with E-state index in [0.717, 1.165) is 56.7 Å². The molecule has 34 heavy (non-hydrogen) atoms. The molecule has 1 saturated heterocycles. The van der Waals surface area contributed by atoms with Crippen LogP contribution in [0.1, 0.15) is 34.7 Å². The van der Waals surface area contributed by atoms with Gasteiger partial charge in [0, 0.05) is 57.7 Å². The summed E-state index contributed by atoms with van der Waals surface area (Å²) in [6.45, 7) is 9.26. The third-order valence-corrected chi connectivity index (χ3v) is 7.11. The minimum absolute atomic E-state index is 0.0316. The molecule has 1 atom stereocenters. The van der Waals surface area contributed by atoms with E-state index in [0.29, 0.717) is 12.2 Å². The molecule has 0 aromatic heterocycles. The molecule has 2 heterocycles. The van der Waals surface area contributed by atoms with Gasteiger partial charge in [0.1, 0.15) is 0 Å². The van der Waals surface area contributed by atoms with Gasteiger partial charge >= 0.3 is 11.8 Å². The van der Waals surface area contributed by atoms with Gasteiger partial charge < -0.3 is 20.4 Å². The number of carbonyl (C=O) groups is 2. The zero-order valence-electron chi connectivity index (χ0n) is 20.9. The molecular formula is C27H37N5O2. The molecule has 2 aliphatic rings. The molecule has 2 aliphatic heterocycles. The molecule has 7 heteroatoms. The predicted octanol–water partition coefficient (Wildman–Crippen LogP) is 2.73. The van der Waals surface area contributed by atoms with E-state index in [4.69, 9.17) is 0 Å². The predicted molar refractivity (Wildman–Crippen MR) is 137 cm³/mol. The van der Waals surface area contributed by atoms with Crippen LogP contribution >= 0.6 is 0 Å². The Morgan fingerprint density at radius 3 is 2.44 bits per heavy atom. The summed E-state index contributed by atoms with van der Waals surface area (Å²) in [5.74, 6) is -1.23. The van der Waals surface area contributed by atoms with Gasteiger partial charge in [-0.15, -0.1) is 0 Å². The summed E-state index contributed by atoms with van der Waals surface area (Å²) in [4.78, 5) is 32.4. The van der Waals surface area contributed by atoms with Crippen LogP contribution in [-0.2, 0) is 16.0 Å². The molecule has 2 amide bonds. The van der Waals surface area contributed by atoms with Crippen molar-refractivity contribution in [1.82, 2.24) is 15.1 Å². The summed E-state index contributed by atoms with van der Waals surface area (Å²) in [7, 11) is 4.28. The SMILES string of the molecule is Cc1ccc(NC(=O)C(=O)NCC(c2ccc3c(c2)CCCN3C)N2CCN(C)CC2)c(C)c1. The fraction of sp³-hybridized carbons (Fsp3) is 0.481. The highest BCUT2D eigenvalue weighted by atomic mass is 16.2. The van der Waals surface area contributed by atoms with E-state index in [1.165, 1.54) is 16.8 Å². The Hall–Kier alpha value is -2.90. The molecule has 7 nitrogen and oxygen atoms in total. The second kappa shape index (κ2) is 10.6. The third-order valence-electron chi connectivity index (χ3n) is 7.11. The topological polar surface area (TPSA) is 67.9 Å². The number of amides is 2. The van der Waals surface area contributed by atoms with Gasteiger partial charge in [-0.05, 0) is 62.6 Å². The highest BCUT2D eigenvalue weighted by Gasteiger charge is 2.27. The van der Waals surface area contributed by atoms with Gasteiger partial charge in [0.05, 0.1) is 6.04 Å². The van der Waals surface area contributed by atoms with Crippen LogP contribution in [0.2, 0.25) is 0 Å². The maximum absolute atomic E-state index is 12.7. The van der Waals surface area contributed by atoms with Crippen molar-refractivity contribution in [2.75, 3.05) is 63.6 Å². The van der Waals surface area contributed by atoms with Crippen molar-refractivity contribution in [1.29, 1.82) is 0 Å². The van der Waals surface area contributed by atoms with Crippen LogP contribution in [0.4, 0.5) is 11.4 Å². The van der Waals surface area contributed by atoms with E-state index in [2.05, 4.69) is 57.6 Å². The van der Waals surface area contributed by atoms with Crippen molar-refractivity contribution >= 4 is 23.2 Å². The first-order chi connectivity index (χ1) is 16.3. The Labute approximate surface area is 203 Å². The summed E-state index contributed by atoms with van der Waals surface area (Å²) < 4.78 is 0. The standard InChI is InChI=1S/C27H37N5O2/c1-19-7-9-23(20(2)16-19)29-27(34)26(33)28-18-25(32-14-12-30(3)13-15-32)22-8-10-24-21(17-22)6-5-11-31(24)4/h7-10,16-17,25H,5-6,11-15,18H2,1-4H3,(H,28,33)(H,29,34). The summed E-state index contributed by atoms with van der Waals surface area (Å²) in [5, 5.41) is 5.67. The lowest BCUT2D eigenvalue weighted by Gasteiger charge is -2.39. The average molecular weight is 464 g/mol. The minimum Gasteiger partial charge on any atom is -0.374 e. The monoisotopic (exact) mass is 463 g/mol. The molecule has 0 bridgehead atoms. The number of nitrogens with one attached hydrogen (secondary N) is 2. The largest absolute Gasteiger partial charge is 0.374 e. The number of likely N-dealkylation sites (N-methyl/N-ethyl adjacent to an activating group) is 1. The Morgan fingerprint density at radius 1 is 0.941 bits per heavy atom. The van der Waals surface area contributed by atoms with Gasteiger partial charge in [-0.3, -0.25) is 14.5 Å². The zero-order chi connectivity index (χ0) is 24.2. The van der Waals surface area contributed by atoms with E-state index < -0.39 is 11.8 Å². The van der Waals surface area contributed by atoms with Gasteiger partial charge in [0.25, 0.3) is 0 Å². The van der Waals surface area contributed by atoms with E-state index in [-0.39, 0.29) is 6.04 Å². The number of anilines is 2. The highest BCUT2D eigenvalue weighted by molar-refractivity contribution is 6.39. The van der Waals surface area contributed by atoms with Crippen LogP contribution in [0, 0.1) is 13.8 Å². The molecule has 2 N–H and O–H groups in total. The van der Waals surface area contributed by atoms with Crippen LogP contribution in [0.15, 0.2) is 36.4 Å². The fourth-order valence-electron chi connectivity index (χ4n) is 5.01. The van der Waals surface area contributed by atoms with Crippen LogP contribution in [-0.4, -0.2) is 75.0 Å². The fourth-order valence-corrected chi connectivity index (χ4v) is 5.01. The average Bonchev–Trinajstić information content (AvgIpc) is 2.82. The summed E-state index contributed by atoms with van der Waals surface area (Å²) in [5.41, 5.74) is 6.59. The number of rotatable bonds is 5. The normalized spacial score (nSPS) is 17.7. The molecule has 1 unspecified atom stereocenters. The number of carbonyl (C=O) groups excluding carboxylic acids is 2. The Balaban J connectivity index is 1.47. The minimum atomic E-state index is -0.629. The van der Waals surface area contributed by atoms with Crippen molar-refractivity contribution in [2.24, 2.45) is 0 Å². The number of fused-ring (bicyclic) bond motifs is 1. The molecule has 182 valence electrons. The molecule has 4 rings (SSSR count). The maximum Gasteiger partial charge on any atom is 0.313 e. The van der Waals surface area contributed by atoms with Crippen LogP contribution in [0.3, 0.4) is 0 Å². The van der Waals surface area contributed by atoms with Crippen LogP contribution in [0.5, 0.6) is 0 Å². The number of nitrogens with zero attached hydrogens (tertiary/aromatic N) is 3. The Bertz CT molecular complexity index is 1050. The molecular weight excluding hydrogens is 426 g/mol. The van der Waals surface area contributed by atoms with Gasteiger partial charge in [-0.1, -0.05) is 29.8 Å². The van der Waals surface area contributed by atoms with Crippen molar-refractivity contribution in [2.45, 2.75) is 32.7 Å². The lowest BCUT2D eigenvalue weighted by Crippen LogP contribution is -2.49. The molecule has 1 fully saturated rings. The lowest BCUT2D eigenvalue weighted by molar-refractivity contribution is -0.136. The Morgan fingerprint density at radius 2 is 1.71 bits per heavy atom. The first-order valence-electron chi connectivity index (χ1n) is 12.2.